The molecule has 0 radical (unpaired) electrons. The van der Waals surface area contributed by atoms with Gasteiger partial charge < -0.3 is 5.32 Å². The topological polar surface area (TPSA) is 12.0 Å². The Labute approximate surface area is 133 Å². The summed E-state index contributed by atoms with van der Waals surface area (Å²) in [6.07, 6.45) is 3.80. The summed E-state index contributed by atoms with van der Waals surface area (Å²) in [4.78, 5) is 1.42. The van der Waals surface area contributed by atoms with Gasteiger partial charge >= 0.3 is 0 Å². The first-order chi connectivity index (χ1) is 9.70. The Balaban J connectivity index is 2.01. The van der Waals surface area contributed by atoms with E-state index in [1.165, 1.54) is 39.1 Å². The van der Waals surface area contributed by atoms with Crippen molar-refractivity contribution in [2.75, 3.05) is 7.05 Å². The third-order valence-electron chi connectivity index (χ3n) is 4.39. The maximum Gasteiger partial charge on any atom is 0.0704 e. The zero-order valence-electron chi connectivity index (χ0n) is 11.9. The van der Waals surface area contributed by atoms with E-state index < -0.39 is 0 Å². The number of fused-ring (bicyclic) bond motifs is 1. The van der Waals surface area contributed by atoms with E-state index in [0.717, 1.165) is 0 Å². The van der Waals surface area contributed by atoms with Crippen LogP contribution in [0.25, 0.3) is 0 Å². The van der Waals surface area contributed by atoms with Crippen LogP contribution in [0, 0.1) is 6.92 Å². The third kappa shape index (κ3) is 2.59. The Hall–Kier alpha value is -0.640. The van der Waals surface area contributed by atoms with Crippen molar-refractivity contribution in [3.8, 4) is 0 Å². The summed E-state index contributed by atoms with van der Waals surface area (Å²) in [5, 5.41) is 3.57. The molecule has 1 aliphatic carbocycles. The van der Waals surface area contributed by atoms with Gasteiger partial charge in [-0.1, -0.05) is 24.3 Å². The Kier molecular flexibility index (Phi) is 4.29. The van der Waals surface area contributed by atoms with E-state index in [1.807, 2.05) is 11.3 Å². The van der Waals surface area contributed by atoms with Crippen LogP contribution in [0.3, 0.4) is 0 Å². The van der Waals surface area contributed by atoms with Crippen molar-refractivity contribution in [2.45, 2.75) is 38.1 Å². The van der Waals surface area contributed by atoms with E-state index in [0.29, 0.717) is 12.0 Å². The molecule has 0 spiro atoms. The van der Waals surface area contributed by atoms with Crippen LogP contribution in [0.4, 0.5) is 0 Å². The van der Waals surface area contributed by atoms with Crippen LogP contribution in [0.2, 0.25) is 0 Å². The normalized spacial score (nSPS) is 19.6. The second-order valence-electron chi connectivity index (χ2n) is 5.53. The molecule has 1 aliphatic rings. The van der Waals surface area contributed by atoms with E-state index in [-0.39, 0.29) is 0 Å². The van der Waals surface area contributed by atoms with Crippen molar-refractivity contribution in [3.63, 3.8) is 0 Å². The van der Waals surface area contributed by atoms with Gasteiger partial charge in [0, 0.05) is 16.8 Å². The smallest absolute Gasteiger partial charge is 0.0704 e. The minimum Gasteiger partial charge on any atom is -0.312 e. The number of rotatable bonds is 3. The van der Waals surface area contributed by atoms with Crippen molar-refractivity contribution in [3.05, 3.63) is 55.7 Å². The van der Waals surface area contributed by atoms with Gasteiger partial charge in [-0.25, -0.2) is 0 Å². The molecular formula is C17H20BrNS. The van der Waals surface area contributed by atoms with Gasteiger partial charge in [0.05, 0.1) is 3.79 Å². The van der Waals surface area contributed by atoms with Crippen LogP contribution in [-0.4, -0.2) is 7.05 Å². The number of likely N-dealkylation sites (N-methyl/N-ethyl adjacent to an activating group) is 1. The van der Waals surface area contributed by atoms with Gasteiger partial charge in [-0.05, 0) is 71.9 Å². The van der Waals surface area contributed by atoms with Crippen molar-refractivity contribution >= 4 is 27.3 Å². The zero-order valence-corrected chi connectivity index (χ0v) is 14.4. The van der Waals surface area contributed by atoms with Gasteiger partial charge in [0.15, 0.2) is 0 Å². The van der Waals surface area contributed by atoms with Gasteiger partial charge in [-0.2, -0.15) is 0 Å². The first-order valence-corrected chi connectivity index (χ1v) is 8.82. The summed E-state index contributed by atoms with van der Waals surface area (Å²) in [6, 6.07) is 11.7. The van der Waals surface area contributed by atoms with Crippen LogP contribution in [0.15, 0.2) is 34.1 Å². The summed E-state index contributed by atoms with van der Waals surface area (Å²) in [7, 11) is 2.09. The van der Waals surface area contributed by atoms with Crippen LogP contribution in [-0.2, 0) is 6.42 Å². The molecule has 0 amide bonds. The fraction of sp³-hybridized carbons (Fsp3) is 0.412. The quantitative estimate of drug-likeness (QED) is 0.802. The largest absolute Gasteiger partial charge is 0.312 e. The molecular weight excluding hydrogens is 330 g/mol. The fourth-order valence-electron chi connectivity index (χ4n) is 3.48. The summed E-state index contributed by atoms with van der Waals surface area (Å²) < 4.78 is 1.23. The average molecular weight is 350 g/mol. The number of halogens is 1. The minimum atomic E-state index is 0.416. The van der Waals surface area contributed by atoms with Gasteiger partial charge in [0.1, 0.15) is 0 Å². The van der Waals surface area contributed by atoms with Crippen LogP contribution >= 0.6 is 27.3 Å². The van der Waals surface area contributed by atoms with Crippen LogP contribution in [0.1, 0.15) is 46.4 Å². The number of thiophene rings is 1. The predicted octanol–water partition coefficient (Wildman–Crippen LogP) is 5.20. The lowest BCUT2D eigenvalue weighted by Gasteiger charge is -2.32. The zero-order chi connectivity index (χ0) is 14.1. The predicted molar refractivity (Wildman–Crippen MR) is 90.7 cm³/mol. The molecule has 0 fully saturated rings. The van der Waals surface area contributed by atoms with Gasteiger partial charge in [0.25, 0.3) is 0 Å². The van der Waals surface area contributed by atoms with Gasteiger partial charge in [-0.3, -0.25) is 0 Å². The molecule has 0 aliphatic heterocycles. The highest BCUT2D eigenvalue weighted by molar-refractivity contribution is 9.11. The fourth-order valence-corrected chi connectivity index (χ4v) is 5.24. The molecule has 1 nitrogen and oxygen atoms in total. The van der Waals surface area contributed by atoms with E-state index in [4.69, 9.17) is 0 Å². The highest BCUT2D eigenvalue weighted by atomic mass is 79.9. The summed E-state index contributed by atoms with van der Waals surface area (Å²) in [6.45, 7) is 2.23. The third-order valence-corrected chi connectivity index (χ3v) is 5.96. The molecule has 2 atom stereocenters. The number of nitrogens with one attached hydrogen (secondary N) is 1. The number of hydrogen-bond donors (Lipinski definition) is 1. The Morgan fingerprint density at radius 3 is 2.85 bits per heavy atom. The van der Waals surface area contributed by atoms with E-state index in [1.54, 1.807) is 5.56 Å². The molecule has 20 heavy (non-hydrogen) atoms. The lowest BCUT2D eigenvalue weighted by Crippen LogP contribution is -2.26. The van der Waals surface area contributed by atoms with Crippen molar-refractivity contribution < 1.29 is 0 Å². The Morgan fingerprint density at radius 1 is 1.35 bits per heavy atom. The lowest BCUT2D eigenvalue weighted by molar-refractivity contribution is 0.424. The second kappa shape index (κ2) is 6.00. The van der Waals surface area contributed by atoms with E-state index in [2.05, 4.69) is 65.5 Å². The SMILES string of the molecule is CNC(c1cc(Br)sc1C)C1CCCc2ccccc21. The molecule has 106 valence electrons. The highest BCUT2D eigenvalue weighted by Gasteiger charge is 2.29. The molecule has 1 aromatic carbocycles. The monoisotopic (exact) mass is 349 g/mol. The van der Waals surface area contributed by atoms with Crippen LogP contribution in [0.5, 0.6) is 0 Å². The molecule has 2 aromatic rings. The molecule has 1 N–H and O–H groups in total. The summed E-state index contributed by atoms with van der Waals surface area (Å²) in [5.74, 6) is 0.588. The van der Waals surface area contributed by atoms with E-state index >= 15 is 0 Å². The lowest BCUT2D eigenvalue weighted by atomic mass is 9.77. The molecule has 0 saturated heterocycles. The average Bonchev–Trinajstić information content (AvgIpc) is 2.79. The van der Waals surface area contributed by atoms with Gasteiger partial charge in [-0.15, -0.1) is 11.3 Å². The molecule has 3 rings (SSSR count). The standard InChI is InChI=1S/C17H20BrNS/c1-11-15(10-16(18)20-11)17(19-2)14-9-5-7-12-6-3-4-8-13(12)14/h3-4,6,8,10,14,17,19H,5,7,9H2,1-2H3. The molecule has 2 unspecified atom stereocenters. The minimum absolute atomic E-state index is 0.416. The molecule has 1 heterocycles. The maximum atomic E-state index is 3.63. The first kappa shape index (κ1) is 14.3. The maximum absolute atomic E-state index is 3.63. The Bertz CT molecular complexity index is 605. The molecule has 3 heteroatoms. The summed E-state index contributed by atoms with van der Waals surface area (Å²) in [5.41, 5.74) is 4.53. The number of benzene rings is 1. The second-order valence-corrected chi connectivity index (χ2v) is 8.16. The van der Waals surface area contributed by atoms with Crippen molar-refractivity contribution in [1.29, 1.82) is 0 Å². The van der Waals surface area contributed by atoms with Crippen molar-refractivity contribution in [2.24, 2.45) is 0 Å². The number of hydrogen-bond acceptors (Lipinski definition) is 2. The van der Waals surface area contributed by atoms with Crippen LogP contribution < -0.4 is 5.32 Å². The summed E-state index contributed by atoms with van der Waals surface area (Å²) >= 11 is 5.46. The van der Waals surface area contributed by atoms with Gasteiger partial charge in [0.2, 0.25) is 0 Å². The van der Waals surface area contributed by atoms with E-state index in [9.17, 15) is 0 Å². The molecule has 0 saturated carbocycles. The van der Waals surface area contributed by atoms with Crippen molar-refractivity contribution in [1.82, 2.24) is 5.32 Å². The Morgan fingerprint density at radius 2 is 2.15 bits per heavy atom. The molecule has 1 aromatic heterocycles. The molecule has 0 bridgehead atoms. The highest BCUT2D eigenvalue weighted by Crippen LogP contribution is 2.43. The number of aryl methyl sites for hydroxylation is 2. The first-order valence-electron chi connectivity index (χ1n) is 7.21.